The molecule has 1 aromatic heterocycles. The molecular weight excluding hydrogens is 263 g/mol. The van der Waals surface area contributed by atoms with Crippen molar-refractivity contribution < 1.29 is 9.31 Å². The van der Waals surface area contributed by atoms with Crippen LogP contribution in [0.2, 0.25) is 0 Å². The van der Waals surface area contributed by atoms with E-state index in [4.69, 9.17) is 0 Å². The minimum absolute atomic E-state index is 0.0919. The first-order valence-electron chi connectivity index (χ1n) is 5.86. The predicted molar refractivity (Wildman–Crippen MR) is 69.7 cm³/mol. The third-order valence-electron chi connectivity index (χ3n) is 2.98. The first-order chi connectivity index (χ1) is 9.65. The number of fused-ring (bicyclic) bond motifs is 1. The Balaban J connectivity index is 2.07. The van der Waals surface area contributed by atoms with Gasteiger partial charge in [-0.25, -0.2) is 9.07 Å². The Morgan fingerprint density at radius 2 is 2.05 bits per heavy atom. The van der Waals surface area contributed by atoms with Gasteiger partial charge in [-0.1, -0.05) is 17.3 Å². The van der Waals surface area contributed by atoms with Crippen LogP contribution in [0.3, 0.4) is 0 Å². The van der Waals surface area contributed by atoms with Crippen molar-refractivity contribution in [3.63, 3.8) is 0 Å². The molecule has 0 aliphatic heterocycles. The van der Waals surface area contributed by atoms with Gasteiger partial charge in [-0.05, 0) is 24.3 Å². The third kappa shape index (κ3) is 2.09. The number of aromatic nitrogens is 3. The van der Waals surface area contributed by atoms with Crippen molar-refractivity contribution in [2.75, 3.05) is 0 Å². The average Bonchev–Trinajstić information content (AvgIpc) is 2.82. The summed E-state index contributed by atoms with van der Waals surface area (Å²) in [5.41, 5.74) is 1.55. The number of hydrogen-bond acceptors (Lipinski definition) is 4. The Hall–Kier alpha value is -2.83. The van der Waals surface area contributed by atoms with Crippen molar-refractivity contribution in [3.05, 3.63) is 64.0 Å². The van der Waals surface area contributed by atoms with Gasteiger partial charge in [0.05, 0.1) is 22.5 Å². The summed E-state index contributed by atoms with van der Waals surface area (Å²) in [7, 11) is 0. The number of nitro groups is 1. The maximum atomic E-state index is 13.3. The minimum atomic E-state index is -0.534. The molecule has 3 aromatic rings. The highest BCUT2D eigenvalue weighted by atomic mass is 19.1. The lowest BCUT2D eigenvalue weighted by molar-refractivity contribution is -0.385. The van der Waals surface area contributed by atoms with Crippen LogP contribution in [0.15, 0.2) is 42.5 Å². The number of nitrogens with zero attached hydrogens (tertiary/aromatic N) is 4. The van der Waals surface area contributed by atoms with Gasteiger partial charge in [0.15, 0.2) is 0 Å². The molecule has 0 saturated carbocycles. The van der Waals surface area contributed by atoms with Crippen LogP contribution in [0.5, 0.6) is 0 Å². The SMILES string of the molecule is O=[N+]([O-])c1ccc(F)cc1Cn1nnc2ccccc21. The quantitative estimate of drug-likeness (QED) is 0.542. The van der Waals surface area contributed by atoms with E-state index in [2.05, 4.69) is 10.3 Å². The van der Waals surface area contributed by atoms with Gasteiger partial charge in [0.2, 0.25) is 0 Å². The molecular formula is C13H9FN4O2. The molecule has 100 valence electrons. The first kappa shape index (κ1) is 12.2. The van der Waals surface area contributed by atoms with E-state index in [9.17, 15) is 14.5 Å². The molecule has 6 nitrogen and oxygen atoms in total. The molecule has 3 rings (SSSR count). The van der Waals surface area contributed by atoms with E-state index in [1.54, 1.807) is 12.1 Å². The molecule has 1 heterocycles. The zero-order chi connectivity index (χ0) is 14.1. The van der Waals surface area contributed by atoms with Crippen molar-refractivity contribution >= 4 is 16.7 Å². The molecule has 0 aliphatic rings. The number of benzene rings is 2. The molecule has 2 aromatic carbocycles. The monoisotopic (exact) mass is 272 g/mol. The number of hydrogen-bond donors (Lipinski definition) is 0. The highest BCUT2D eigenvalue weighted by Gasteiger charge is 2.16. The molecule has 7 heteroatoms. The summed E-state index contributed by atoms with van der Waals surface area (Å²) in [6, 6.07) is 10.6. The van der Waals surface area contributed by atoms with Gasteiger partial charge in [0, 0.05) is 6.07 Å². The Bertz CT molecular complexity index is 800. The van der Waals surface area contributed by atoms with E-state index < -0.39 is 10.7 Å². The summed E-state index contributed by atoms with van der Waals surface area (Å²) in [6.07, 6.45) is 0. The van der Waals surface area contributed by atoms with E-state index in [1.807, 2.05) is 12.1 Å². The molecule has 0 atom stereocenters. The summed E-state index contributed by atoms with van der Waals surface area (Å²) in [6.45, 7) is 0.0919. The van der Waals surface area contributed by atoms with Crippen LogP contribution in [-0.2, 0) is 6.54 Å². The first-order valence-corrected chi connectivity index (χ1v) is 5.86. The predicted octanol–water partition coefficient (Wildman–Crippen LogP) is 2.53. The van der Waals surface area contributed by atoms with Crippen molar-refractivity contribution in [1.82, 2.24) is 15.0 Å². The van der Waals surface area contributed by atoms with Crippen LogP contribution in [-0.4, -0.2) is 19.9 Å². The second-order valence-corrected chi connectivity index (χ2v) is 4.27. The zero-order valence-electron chi connectivity index (χ0n) is 10.2. The van der Waals surface area contributed by atoms with Crippen molar-refractivity contribution in [2.45, 2.75) is 6.54 Å². The van der Waals surface area contributed by atoms with E-state index >= 15 is 0 Å². The molecule has 0 spiro atoms. The Morgan fingerprint density at radius 1 is 1.25 bits per heavy atom. The van der Waals surface area contributed by atoms with Crippen LogP contribution in [0, 0.1) is 15.9 Å². The van der Waals surface area contributed by atoms with Crippen molar-refractivity contribution in [3.8, 4) is 0 Å². The van der Waals surface area contributed by atoms with Gasteiger partial charge >= 0.3 is 0 Å². The van der Waals surface area contributed by atoms with Crippen LogP contribution >= 0.6 is 0 Å². The Labute approximate surface area is 112 Å². The van der Waals surface area contributed by atoms with E-state index in [1.165, 1.54) is 4.68 Å². The number of halogens is 1. The molecule has 0 amide bonds. The van der Waals surface area contributed by atoms with Gasteiger partial charge in [-0.15, -0.1) is 5.10 Å². The van der Waals surface area contributed by atoms with Gasteiger partial charge in [0.1, 0.15) is 11.3 Å². The molecule has 0 aliphatic carbocycles. The molecule has 0 radical (unpaired) electrons. The maximum absolute atomic E-state index is 13.3. The van der Waals surface area contributed by atoms with Crippen LogP contribution in [0.25, 0.3) is 11.0 Å². The smallest absolute Gasteiger partial charge is 0.258 e. The fourth-order valence-corrected chi connectivity index (χ4v) is 2.05. The second-order valence-electron chi connectivity index (χ2n) is 4.27. The zero-order valence-corrected chi connectivity index (χ0v) is 10.2. The highest BCUT2D eigenvalue weighted by Crippen LogP contribution is 2.21. The number of para-hydroxylation sites is 1. The summed E-state index contributed by atoms with van der Waals surface area (Å²) in [4.78, 5) is 10.4. The lowest BCUT2D eigenvalue weighted by atomic mass is 10.1. The normalized spacial score (nSPS) is 10.8. The molecule has 0 fully saturated rings. The van der Waals surface area contributed by atoms with Gasteiger partial charge in [0.25, 0.3) is 5.69 Å². The maximum Gasteiger partial charge on any atom is 0.274 e. The molecule has 0 N–H and O–H groups in total. The van der Waals surface area contributed by atoms with E-state index in [0.29, 0.717) is 5.52 Å². The third-order valence-corrected chi connectivity index (χ3v) is 2.98. The second kappa shape index (κ2) is 4.69. The van der Waals surface area contributed by atoms with Crippen molar-refractivity contribution in [2.24, 2.45) is 0 Å². The number of nitro benzene ring substituents is 1. The Morgan fingerprint density at radius 3 is 2.85 bits per heavy atom. The van der Waals surface area contributed by atoms with E-state index in [0.717, 1.165) is 23.7 Å². The fourth-order valence-electron chi connectivity index (χ4n) is 2.05. The molecule has 0 saturated heterocycles. The van der Waals surface area contributed by atoms with Crippen LogP contribution < -0.4 is 0 Å². The van der Waals surface area contributed by atoms with Crippen LogP contribution in [0.4, 0.5) is 10.1 Å². The Kier molecular flexibility index (Phi) is 2.86. The number of rotatable bonds is 3. The standard InChI is InChI=1S/C13H9FN4O2/c14-10-5-6-12(18(19)20)9(7-10)8-17-13-4-2-1-3-11(13)15-16-17/h1-7H,8H2. The summed E-state index contributed by atoms with van der Waals surface area (Å²) >= 11 is 0. The highest BCUT2D eigenvalue weighted by molar-refractivity contribution is 5.74. The lowest BCUT2D eigenvalue weighted by Crippen LogP contribution is -2.05. The summed E-state index contributed by atoms with van der Waals surface area (Å²) in [5, 5.41) is 18.9. The van der Waals surface area contributed by atoms with Crippen LogP contribution in [0.1, 0.15) is 5.56 Å². The van der Waals surface area contributed by atoms with Gasteiger partial charge in [-0.3, -0.25) is 10.1 Å². The molecule has 0 unspecified atom stereocenters. The largest absolute Gasteiger partial charge is 0.274 e. The summed E-state index contributed by atoms with van der Waals surface area (Å²) < 4.78 is 14.8. The van der Waals surface area contributed by atoms with Crippen molar-refractivity contribution in [1.29, 1.82) is 0 Å². The summed E-state index contributed by atoms with van der Waals surface area (Å²) in [5.74, 6) is -0.518. The van der Waals surface area contributed by atoms with Gasteiger partial charge < -0.3 is 0 Å². The average molecular weight is 272 g/mol. The van der Waals surface area contributed by atoms with E-state index in [-0.39, 0.29) is 17.8 Å². The molecule has 20 heavy (non-hydrogen) atoms. The molecule has 0 bridgehead atoms. The minimum Gasteiger partial charge on any atom is -0.258 e. The van der Waals surface area contributed by atoms with Gasteiger partial charge in [-0.2, -0.15) is 0 Å². The lowest BCUT2D eigenvalue weighted by Gasteiger charge is -2.04. The topological polar surface area (TPSA) is 73.8 Å². The fraction of sp³-hybridized carbons (Fsp3) is 0.0769.